The number of amides is 2. The molecule has 242 valence electrons. The molecule has 0 saturated heterocycles. The summed E-state index contributed by atoms with van der Waals surface area (Å²) in [7, 11) is -3.36. The van der Waals surface area contributed by atoms with E-state index in [0.29, 0.717) is 12.1 Å². The molecule has 45 heavy (non-hydrogen) atoms. The quantitative estimate of drug-likeness (QED) is 0.178. The highest BCUT2D eigenvalue weighted by Crippen LogP contribution is 2.36. The second kappa shape index (κ2) is 15.2. The van der Waals surface area contributed by atoms with Gasteiger partial charge in [0, 0.05) is 29.7 Å². The van der Waals surface area contributed by atoms with Crippen molar-refractivity contribution in [2.24, 2.45) is 5.92 Å². The van der Waals surface area contributed by atoms with E-state index in [-0.39, 0.29) is 40.9 Å². The van der Waals surface area contributed by atoms with Crippen LogP contribution in [0.2, 0.25) is 5.02 Å². The number of sulfonamides is 1. The molecule has 0 aliphatic carbocycles. The lowest BCUT2D eigenvalue weighted by Crippen LogP contribution is -2.52. The number of benzene rings is 3. The van der Waals surface area contributed by atoms with Gasteiger partial charge in [0.25, 0.3) is 15.7 Å². The lowest BCUT2D eigenvalue weighted by molar-refractivity contribution is -0.385. The molecule has 3 rings (SSSR count). The van der Waals surface area contributed by atoms with E-state index in [4.69, 9.17) is 16.3 Å². The van der Waals surface area contributed by atoms with Crippen LogP contribution < -0.4 is 14.4 Å². The van der Waals surface area contributed by atoms with Gasteiger partial charge in [-0.25, -0.2) is 12.8 Å². The van der Waals surface area contributed by atoms with Crippen LogP contribution in [0.4, 0.5) is 15.8 Å². The molecule has 2 amide bonds. The number of hydrogen-bond donors (Lipinski definition) is 1. The first-order valence-corrected chi connectivity index (χ1v) is 15.9. The Morgan fingerprint density at radius 2 is 1.76 bits per heavy atom. The predicted octanol–water partition coefficient (Wildman–Crippen LogP) is 5.48. The second-order valence-electron chi connectivity index (χ2n) is 10.7. The third-order valence-electron chi connectivity index (χ3n) is 6.99. The zero-order valence-corrected chi connectivity index (χ0v) is 27.2. The van der Waals surface area contributed by atoms with Gasteiger partial charge in [-0.1, -0.05) is 50.6 Å². The number of aryl methyl sites for hydroxylation is 1. The summed E-state index contributed by atoms with van der Waals surface area (Å²) in [5, 5.41) is 14.6. The Morgan fingerprint density at radius 1 is 1.09 bits per heavy atom. The van der Waals surface area contributed by atoms with E-state index in [2.05, 4.69) is 5.32 Å². The molecule has 3 aromatic rings. The van der Waals surface area contributed by atoms with Crippen LogP contribution in [-0.2, 0) is 26.2 Å². The van der Waals surface area contributed by atoms with Gasteiger partial charge in [-0.15, -0.1) is 0 Å². The Balaban J connectivity index is 2.17. The highest BCUT2D eigenvalue weighted by Gasteiger charge is 2.35. The molecule has 0 radical (unpaired) electrons. The normalized spacial score (nSPS) is 12.0. The average Bonchev–Trinajstić information content (AvgIpc) is 2.99. The molecule has 0 fully saturated rings. The molecule has 0 bridgehead atoms. The molecule has 0 aromatic heterocycles. The number of hydrogen-bond acceptors (Lipinski definition) is 7. The maximum atomic E-state index is 14.2. The number of carbonyl (C=O) groups is 2. The minimum atomic E-state index is -4.66. The summed E-state index contributed by atoms with van der Waals surface area (Å²) < 4.78 is 48.3. The van der Waals surface area contributed by atoms with Crippen molar-refractivity contribution in [3.8, 4) is 5.75 Å². The molecular formula is C31H36ClFN4O7S. The molecule has 0 aliphatic heterocycles. The first kappa shape index (κ1) is 35.3. The molecule has 1 N–H and O–H groups in total. The number of nitro benzene ring substituents is 1. The molecular weight excluding hydrogens is 627 g/mol. The molecule has 14 heteroatoms. The molecule has 0 aliphatic rings. The highest BCUT2D eigenvalue weighted by atomic mass is 35.5. The maximum absolute atomic E-state index is 14.2. The fourth-order valence-electron chi connectivity index (χ4n) is 4.57. The minimum absolute atomic E-state index is 0.0594. The number of halogens is 2. The van der Waals surface area contributed by atoms with E-state index in [0.717, 1.165) is 10.4 Å². The van der Waals surface area contributed by atoms with Gasteiger partial charge in [0.15, 0.2) is 0 Å². The topological polar surface area (TPSA) is 139 Å². The largest absolute Gasteiger partial charge is 0.495 e. The minimum Gasteiger partial charge on any atom is -0.495 e. The van der Waals surface area contributed by atoms with E-state index in [1.54, 1.807) is 6.92 Å². The van der Waals surface area contributed by atoms with Gasteiger partial charge in [0.1, 0.15) is 24.2 Å². The molecule has 3 aromatic carbocycles. The van der Waals surface area contributed by atoms with E-state index < -0.39 is 55.7 Å². The lowest BCUT2D eigenvalue weighted by Gasteiger charge is -2.33. The number of methoxy groups -OCH3 is 1. The summed E-state index contributed by atoms with van der Waals surface area (Å²) in [6.45, 7) is 6.40. The molecule has 0 unspecified atom stereocenters. The summed E-state index contributed by atoms with van der Waals surface area (Å²) in [5.74, 6) is -1.51. The summed E-state index contributed by atoms with van der Waals surface area (Å²) >= 11 is 6.25. The van der Waals surface area contributed by atoms with Crippen LogP contribution in [0.25, 0.3) is 0 Å². The van der Waals surface area contributed by atoms with Crippen molar-refractivity contribution < 1.29 is 32.1 Å². The lowest BCUT2D eigenvalue weighted by atomic mass is 10.1. The number of nitrogens with one attached hydrogen (secondary N) is 1. The van der Waals surface area contributed by atoms with Crippen LogP contribution >= 0.6 is 11.6 Å². The van der Waals surface area contributed by atoms with Crippen LogP contribution in [0.1, 0.15) is 38.3 Å². The number of carbonyl (C=O) groups excluding carboxylic acids is 2. The molecule has 1 atom stereocenters. The number of ether oxygens (including phenoxy) is 1. The van der Waals surface area contributed by atoms with Crippen molar-refractivity contribution in [3.63, 3.8) is 0 Å². The van der Waals surface area contributed by atoms with Crippen LogP contribution in [0.5, 0.6) is 5.75 Å². The number of rotatable bonds is 14. The third-order valence-corrected chi connectivity index (χ3v) is 8.98. The van der Waals surface area contributed by atoms with Crippen molar-refractivity contribution in [1.29, 1.82) is 0 Å². The smallest absolute Gasteiger partial charge is 0.273 e. The van der Waals surface area contributed by atoms with Crippen LogP contribution in [0.3, 0.4) is 0 Å². The first-order valence-electron chi connectivity index (χ1n) is 14.1. The number of nitro groups is 1. The van der Waals surface area contributed by atoms with Crippen LogP contribution in [0.15, 0.2) is 65.6 Å². The zero-order chi connectivity index (χ0) is 33.5. The number of nitrogens with zero attached hydrogens (tertiary/aromatic N) is 3. The Bertz CT molecular complexity index is 1650. The Hall–Kier alpha value is -4.23. The van der Waals surface area contributed by atoms with E-state index in [1.165, 1.54) is 73.5 Å². The average molecular weight is 663 g/mol. The van der Waals surface area contributed by atoms with Gasteiger partial charge in [0.05, 0.1) is 22.6 Å². The third kappa shape index (κ3) is 8.70. The van der Waals surface area contributed by atoms with Gasteiger partial charge in [-0.05, 0) is 61.2 Å². The van der Waals surface area contributed by atoms with Gasteiger partial charge in [-0.2, -0.15) is 0 Å². The van der Waals surface area contributed by atoms with Crippen molar-refractivity contribution >= 4 is 44.8 Å². The summed E-state index contributed by atoms with van der Waals surface area (Å²) in [4.78, 5) is 39.3. The Kier molecular flexibility index (Phi) is 11.9. The van der Waals surface area contributed by atoms with E-state index in [9.17, 15) is 32.5 Å². The molecule has 0 heterocycles. The summed E-state index contributed by atoms with van der Waals surface area (Å²) in [6, 6.07) is 12.0. The van der Waals surface area contributed by atoms with Gasteiger partial charge >= 0.3 is 0 Å². The van der Waals surface area contributed by atoms with Crippen LogP contribution in [-0.4, -0.2) is 56.3 Å². The van der Waals surface area contributed by atoms with Crippen molar-refractivity contribution in [2.45, 2.75) is 51.6 Å². The fraction of sp³-hybridized carbons (Fsp3) is 0.355. The SMILES string of the molecule is CC[C@H](C(=O)NCC(C)C)N(Cc1ccc(F)cc1)C(=O)CN(c1cc(Cl)ccc1OC)S(=O)(=O)c1ccc(C)c([N+](=O)[O-])c1. The summed E-state index contributed by atoms with van der Waals surface area (Å²) in [6.07, 6.45) is 0.189. The van der Waals surface area contributed by atoms with Crippen molar-refractivity contribution in [3.05, 3.63) is 92.7 Å². The second-order valence-corrected chi connectivity index (χ2v) is 13.0. The zero-order valence-electron chi connectivity index (χ0n) is 25.6. The van der Waals surface area contributed by atoms with E-state index in [1.807, 2.05) is 13.8 Å². The molecule has 11 nitrogen and oxygen atoms in total. The predicted molar refractivity (Wildman–Crippen MR) is 169 cm³/mol. The van der Waals surface area contributed by atoms with Crippen molar-refractivity contribution in [1.82, 2.24) is 10.2 Å². The van der Waals surface area contributed by atoms with Gasteiger partial charge < -0.3 is 15.0 Å². The summed E-state index contributed by atoms with van der Waals surface area (Å²) in [5.41, 5.74) is 0.223. The number of anilines is 1. The van der Waals surface area contributed by atoms with E-state index >= 15 is 0 Å². The first-order chi connectivity index (χ1) is 21.2. The standard InChI is InChI=1S/C31H36ClFN4O7S/c1-6-26(31(39)34-17-20(2)3)35(18-22-8-11-24(33)12-9-22)30(38)19-36(28-15-23(32)10-14-29(28)44-5)45(42,43)25-13-7-21(4)27(16-25)37(40)41/h7-16,20,26H,6,17-19H2,1-5H3,(H,34,39)/t26-/m1/s1. The van der Waals surface area contributed by atoms with Gasteiger partial charge in [-0.3, -0.25) is 24.0 Å². The molecule has 0 spiro atoms. The highest BCUT2D eigenvalue weighted by molar-refractivity contribution is 7.92. The monoisotopic (exact) mass is 662 g/mol. The Morgan fingerprint density at radius 3 is 2.33 bits per heavy atom. The molecule has 0 saturated carbocycles. The van der Waals surface area contributed by atoms with Crippen LogP contribution in [0, 0.1) is 28.8 Å². The fourth-order valence-corrected chi connectivity index (χ4v) is 6.18. The maximum Gasteiger partial charge on any atom is 0.273 e. The van der Waals surface area contributed by atoms with Crippen molar-refractivity contribution in [2.75, 3.05) is 24.5 Å². The Labute approximate surface area is 267 Å². The van der Waals surface area contributed by atoms with Gasteiger partial charge in [0.2, 0.25) is 11.8 Å².